The van der Waals surface area contributed by atoms with Crippen molar-refractivity contribution in [2.75, 3.05) is 19.8 Å². The van der Waals surface area contributed by atoms with E-state index in [0.717, 1.165) is 35.3 Å². The van der Waals surface area contributed by atoms with Gasteiger partial charge in [0.15, 0.2) is 11.6 Å². The van der Waals surface area contributed by atoms with E-state index in [1.165, 1.54) is 17.0 Å². The molecule has 7 heteroatoms. The fourth-order valence-electron chi connectivity index (χ4n) is 6.13. The van der Waals surface area contributed by atoms with Crippen LogP contribution >= 0.6 is 0 Å². The summed E-state index contributed by atoms with van der Waals surface area (Å²) in [5.41, 5.74) is 3.92. The molecular weight excluding hydrogens is 485 g/mol. The molecule has 200 valence electrons. The van der Waals surface area contributed by atoms with Crippen LogP contribution in [0, 0.1) is 23.6 Å². The predicted molar refractivity (Wildman–Crippen MR) is 142 cm³/mol. The van der Waals surface area contributed by atoms with Crippen molar-refractivity contribution in [2.24, 2.45) is 17.8 Å². The Morgan fingerprint density at radius 3 is 2.68 bits per heavy atom. The van der Waals surface area contributed by atoms with E-state index in [-0.39, 0.29) is 41.4 Å². The minimum atomic E-state index is -0.647. The van der Waals surface area contributed by atoms with Gasteiger partial charge in [0.1, 0.15) is 12.4 Å². The van der Waals surface area contributed by atoms with Gasteiger partial charge in [-0.15, -0.1) is 0 Å². The molecule has 2 aromatic carbocycles. The Kier molecular flexibility index (Phi) is 7.65. The Morgan fingerprint density at radius 2 is 1.95 bits per heavy atom. The molecule has 5 rings (SSSR count). The highest BCUT2D eigenvalue weighted by Gasteiger charge is 2.56. The maximum absolute atomic E-state index is 13.8. The van der Waals surface area contributed by atoms with Crippen LogP contribution in [0.4, 0.5) is 4.39 Å². The largest absolute Gasteiger partial charge is 0.505 e. The number of likely N-dealkylation sites (tertiary alicyclic amines) is 1. The molecule has 2 aromatic rings. The highest BCUT2D eigenvalue weighted by Crippen LogP contribution is 2.50. The van der Waals surface area contributed by atoms with Crippen LogP contribution in [0.3, 0.4) is 0 Å². The van der Waals surface area contributed by atoms with Crippen LogP contribution < -0.4 is 4.74 Å². The molecule has 2 saturated heterocycles. The first-order valence-electron chi connectivity index (χ1n) is 13.4. The van der Waals surface area contributed by atoms with E-state index in [1.807, 2.05) is 50.3 Å². The highest BCUT2D eigenvalue weighted by atomic mass is 19.1. The first kappa shape index (κ1) is 26.2. The molecule has 0 unspecified atom stereocenters. The summed E-state index contributed by atoms with van der Waals surface area (Å²) in [5, 5.41) is 9.45. The lowest BCUT2D eigenvalue weighted by atomic mass is 9.69. The number of carbonyl (C=O) groups excluding carboxylic acids is 2. The molecule has 2 aliphatic heterocycles. The van der Waals surface area contributed by atoms with Gasteiger partial charge in [-0.05, 0) is 73.6 Å². The van der Waals surface area contributed by atoms with E-state index in [1.54, 1.807) is 6.07 Å². The van der Waals surface area contributed by atoms with Crippen molar-refractivity contribution < 1.29 is 28.6 Å². The summed E-state index contributed by atoms with van der Waals surface area (Å²) in [4.78, 5) is 28.0. The van der Waals surface area contributed by atoms with Crippen LogP contribution in [0.25, 0.3) is 6.08 Å². The number of hydrogen-bond donors (Lipinski definition) is 1. The molecule has 2 heterocycles. The minimum Gasteiger partial charge on any atom is -0.505 e. The van der Waals surface area contributed by atoms with Gasteiger partial charge in [0.25, 0.3) is 0 Å². The number of benzene rings is 2. The number of halogens is 1. The van der Waals surface area contributed by atoms with Gasteiger partial charge in [-0.25, -0.2) is 4.39 Å². The topological polar surface area (TPSA) is 76.1 Å². The quantitative estimate of drug-likeness (QED) is 0.349. The molecule has 6 nitrogen and oxygen atoms in total. The van der Waals surface area contributed by atoms with Gasteiger partial charge >= 0.3 is 0 Å². The van der Waals surface area contributed by atoms with Crippen LogP contribution in [0.2, 0.25) is 0 Å². The second kappa shape index (κ2) is 11.1. The number of allylic oxidation sites excluding steroid dienone is 1. The lowest BCUT2D eigenvalue weighted by molar-refractivity contribution is -0.140. The number of phenolic OH excluding ortho intramolecular Hbond substituents is 1. The fourth-order valence-corrected chi connectivity index (χ4v) is 6.13. The van der Waals surface area contributed by atoms with Gasteiger partial charge in [-0.2, -0.15) is 0 Å². The number of hydrogen-bond acceptors (Lipinski definition) is 5. The van der Waals surface area contributed by atoms with E-state index in [2.05, 4.69) is 0 Å². The second-order valence-electron chi connectivity index (χ2n) is 10.5. The van der Waals surface area contributed by atoms with Gasteiger partial charge < -0.3 is 14.6 Å². The summed E-state index contributed by atoms with van der Waals surface area (Å²) in [6, 6.07) is 13.9. The number of aromatic hydroxyl groups is 1. The van der Waals surface area contributed by atoms with Crippen molar-refractivity contribution >= 4 is 17.9 Å². The van der Waals surface area contributed by atoms with Crippen LogP contribution in [0.5, 0.6) is 11.5 Å². The standard InChI is InChI=1S/C31H34FNO5/c1-3-13-33-30(35)23-16-21(17-37-22-7-5-4-6-8-22)28-24(29(23)31(33)36)18-38-27(28)12-9-19(2)14-20-10-11-26(34)25(32)15-20/h4-8,10-11,14-15,23-24,27,29,34H,3,9,12-13,16-18H2,1-2H3/b19-14+/t23-,24+,27-,29-/m1/s1. The predicted octanol–water partition coefficient (Wildman–Crippen LogP) is 5.52. The normalized spacial score (nSPS) is 25.1. The third-order valence-electron chi connectivity index (χ3n) is 7.89. The average Bonchev–Trinajstić information content (AvgIpc) is 3.44. The molecule has 0 aromatic heterocycles. The first-order valence-corrected chi connectivity index (χ1v) is 13.4. The summed E-state index contributed by atoms with van der Waals surface area (Å²) in [6.45, 7) is 5.19. The molecule has 38 heavy (non-hydrogen) atoms. The summed E-state index contributed by atoms with van der Waals surface area (Å²) >= 11 is 0. The molecule has 1 aliphatic carbocycles. The summed E-state index contributed by atoms with van der Waals surface area (Å²) in [6.07, 6.45) is 4.41. The smallest absolute Gasteiger partial charge is 0.233 e. The van der Waals surface area contributed by atoms with Gasteiger partial charge in [0.05, 0.1) is 24.5 Å². The van der Waals surface area contributed by atoms with Crippen LogP contribution in [-0.4, -0.2) is 47.7 Å². The van der Waals surface area contributed by atoms with Crippen molar-refractivity contribution in [2.45, 2.75) is 45.6 Å². The zero-order chi connectivity index (χ0) is 26.8. The van der Waals surface area contributed by atoms with Crippen LogP contribution in [-0.2, 0) is 14.3 Å². The van der Waals surface area contributed by atoms with Crippen LogP contribution in [0.15, 0.2) is 65.3 Å². The van der Waals surface area contributed by atoms with E-state index >= 15 is 0 Å². The van der Waals surface area contributed by atoms with Crippen molar-refractivity contribution in [1.29, 1.82) is 0 Å². The lowest BCUT2D eigenvalue weighted by Crippen LogP contribution is -2.35. The van der Waals surface area contributed by atoms with Crippen molar-refractivity contribution in [3.05, 3.63) is 76.6 Å². The Balaban J connectivity index is 1.38. The Bertz CT molecular complexity index is 1270. The summed E-state index contributed by atoms with van der Waals surface area (Å²) in [5.74, 6) is -1.24. The number of amides is 2. The molecule has 1 N–H and O–H groups in total. The zero-order valence-electron chi connectivity index (χ0n) is 21.9. The lowest BCUT2D eigenvalue weighted by Gasteiger charge is -2.31. The first-order chi connectivity index (χ1) is 18.4. The van der Waals surface area contributed by atoms with Crippen molar-refractivity contribution in [1.82, 2.24) is 4.90 Å². The SMILES string of the molecule is CCCN1C(=O)[C@@H]2[C@@H](CC(COc3ccccc3)=C3[C@@H](CC/C(C)=C/c4ccc(O)c(F)c4)OC[C@@H]32)C1=O. The van der Waals surface area contributed by atoms with E-state index in [9.17, 15) is 19.1 Å². The van der Waals surface area contributed by atoms with E-state index in [4.69, 9.17) is 9.47 Å². The number of fused-ring (bicyclic) bond motifs is 3. The number of carbonyl (C=O) groups is 2. The number of phenols is 1. The van der Waals surface area contributed by atoms with E-state index in [0.29, 0.717) is 38.2 Å². The molecule has 0 radical (unpaired) electrons. The number of imide groups is 1. The molecule has 2 fully saturated rings. The number of para-hydroxylation sites is 1. The van der Waals surface area contributed by atoms with Gasteiger partial charge in [0, 0.05) is 12.5 Å². The monoisotopic (exact) mass is 519 g/mol. The maximum atomic E-state index is 13.8. The Labute approximate surface area is 222 Å². The minimum absolute atomic E-state index is 0.0675. The van der Waals surface area contributed by atoms with Gasteiger partial charge in [-0.3, -0.25) is 14.5 Å². The number of rotatable bonds is 9. The van der Waals surface area contributed by atoms with E-state index < -0.39 is 5.82 Å². The van der Waals surface area contributed by atoms with Gasteiger partial charge in [-0.1, -0.05) is 42.8 Å². The zero-order valence-corrected chi connectivity index (χ0v) is 21.9. The second-order valence-corrected chi connectivity index (χ2v) is 10.5. The number of ether oxygens (including phenoxy) is 2. The van der Waals surface area contributed by atoms with Gasteiger partial charge in [0.2, 0.25) is 11.8 Å². The van der Waals surface area contributed by atoms with Crippen molar-refractivity contribution in [3.63, 3.8) is 0 Å². The molecule has 3 aliphatic rings. The molecule has 0 bridgehead atoms. The average molecular weight is 520 g/mol. The third kappa shape index (κ3) is 5.12. The Morgan fingerprint density at radius 1 is 1.16 bits per heavy atom. The molecule has 4 atom stereocenters. The highest BCUT2D eigenvalue weighted by molar-refractivity contribution is 6.06. The van der Waals surface area contributed by atoms with Crippen LogP contribution in [0.1, 0.15) is 45.1 Å². The molecule has 2 amide bonds. The fraction of sp³-hybridized carbons (Fsp3) is 0.419. The molecular formula is C31H34FNO5. The molecule has 0 spiro atoms. The number of nitrogens with zero attached hydrogens (tertiary/aromatic N) is 1. The summed E-state index contributed by atoms with van der Waals surface area (Å²) in [7, 11) is 0. The third-order valence-corrected chi connectivity index (χ3v) is 7.89. The maximum Gasteiger partial charge on any atom is 0.233 e. The summed E-state index contributed by atoms with van der Waals surface area (Å²) < 4.78 is 26.2. The Hall–Kier alpha value is -3.45. The molecule has 0 saturated carbocycles. The van der Waals surface area contributed by atoms with Crippen molar-refractivity contribution in [3.8, 4) is 11.5 Å².